The number of ether oxygens (including phenoxy) is 1. The SMILES string of the molecule is O=C[C@H]1CCC(=O)N1CCSc1nc(C(=O)OCCCCCCCCCCc2ccccc2)cs1. The van der Waals surface area contributed by atoms with Gasteiger partial charge in [-0.3, -0.25) is 4.79 Å². The van der Waals surface area contributed by atoms with Crippen LogP contribution in [0.4, 0.5) is 0 Å². The van der Waals surface area contributed by atoms with Gasteiger partial charge >= 0.3 is 5.97 Å². The number of likely N-dealkylation sites (tertiary alicyclic amines) is 1. The molecule has 0 aliphatic carbocycles. The number of carbonyl (C=O) groups is 3. The third kappa shape index (κ3) is 9.76. The van der Waals surface area contributed by atoms with E-state index in [4.69, 9.17) is 4.74 Å². The summed E-state index contributed by atoms with van der Waals surface area (Å²) in [4.78, 5) is 41.1. The van der Waals surface area contributed by atoms with Gasteiger partial charge in [0.25, 0.3) is 0 Å². The van der Waals surface area contributed by atoms with Gasteiger partial charge in [-0.15, -0.1) is 11.3 Å². The van der Waals surface area contributed by atoms with Gasteiger partial charge in [0.15, 0.2) is 10.0 Å². The predicted octanol–water partition coefficient (Wildman–Crippen LogP) is 5.95. The van der Waals surface area contributed by atoms with Crippen molar-refractivity contribution in [3.05, 3.63) is 47.0 Å². The monoisotopic (exact) mass is 516 g/mol. The molecule has 1 atom stereocenters. The summed E-state index contributed by atoms with van der Waals surface area (Å²) in [6.45, 7) is 0.944. The second-order valence-electron chi connectivity index (χ2n) is 8.88. The van der Waals surface area contributed by atoms with Crippen molar-refractivity contribution in [3.8, 4) is 0 Å². The smallest absolute Gasteiger partial charge is 0.357 e. The fraction of sp³-hybridized carbons (Fsp3) is 0.556. The Hall–Kier alpha value is -2.19. The Kier molecular flexibility index (Phi) is 12.3. The fourth-order valence-electron chi connectivity index (χ4n) is 4.21. The lowest BCUT2D eigenvalue weighted by Gasteiger charge is -2.19. The summed E-state index contributed by atoms with van der Waals surface area (Å²) in [5, 5.41) is 1.72. The molecule has 0 saturated carbocycles. The molecule has 0 N–H and O–H groups in total. The number of unbranched alkanes of at least 4 members (excludes halogenated alkanes) is 7. The number of hydrogen-bond acceptors (Lipinski definition) is 7. The standard InChI is InChI=1S/C27H36N2O4S2/c30-20-23-15-16-25(31)29(23)17-19-34-27-28-24(21-35-27)26(32)33-18-11-6-4-2-1-3-5-8-12-22-13-9-7-10-14-22/h7,9-10,13-14,20-21,23H,1-6,8,11-12,15-19H2/t23-/m1/s1. The van der Waals surface area contributed by atoms with Crippen LogP contribution in [0.3, 0.4) is 0 Å². The predicted molar refractivity (Wildman–Crippen MR) is 141 cm³/mol. The molecule has 2 heterocycles. The highest BCUT2D eigenvalue weighted by atomic mass is 32.2. The number of carbonyl (C=O) groups excluding carboxylic acids is 3. The maximum absolute atomic E-state index is 12.2. The molecule has 1 aromatic heterocycles. The van der Waals surface area contributed by atoms with E-state index in [1.165, 1.54) is 73.6 Å². The van der Waals surface area contributed by atoms with E-state index in [0.717, 1.165) is 23.5 Å². The number of aromatic nitrogens is 1. The van der Waals surface area contributed by atoms with E-state index in [0.29, 0.717) is 37.4 Å². The van der Waals surface area contributed by atoms with Crippen LogP contribution in [0.15, 0.2) is 40.1 Å². The lowest BCUT2D eigenvalue weighted by atomic mass is 10.0. The molecular formula is C27H36N2O4S2. The second kappa shape index (κ2) is 15.7. The molecule has 1 aromatic carbocycles. The van der Waals surface area contributed by atoms with E-state index in [-0.39, 0.29) is 17.9 Å². The highest BCUT2D eigenvalue weighted by molar-refractivity contribution is 8.01. The number of amides is 1. The Balaban J connectivity index is 1.17. The van der Waals surface area contributed by atoms with Gasteiger partial charge in [0, 0.05) is 24.1 Å². The lowest BCUT2D eigenvalue weighted by molar-refractivity contribution is -0.130. The van der Waals surface area contributed by atoms with Gasteiger partial charge in [-0.1, -0.05) is 80.6 Å². The number of rotatable bonds is 17. The first-order chi connectivity index (χ1) is 17.2. The van der Waals surface area contributed by atoms with E-state index in [2.05, 4.69) is 35.3 Å². The normalized spacial score (nSPS) is 15.5. The van der Waals surface area contributed by atoms with E-state index in [9.17, 15) is 14.4 Å². The number of thiazole rings is 1. The van der Waals surface area contributed by atoms with Gasteiger partial charge in [0.2, 0.25) is 5.91 Å². The van der Waals surface area contributed by atoms with Gasteiger partial charge in [-0.2, -0.15) is 0 Å². The largest absolute Gasteiger partial charge is 0.461 e. The number of hydrogen-bond donors (Lipinski definition) is 0. The molecule has 35 heavy (non-hydrogen) atoms. The van der Waals surface area contributed by atoms with E-state index in [1.54, 1.807) is 10.3 Å². The molecule has 1 saturated heterocycles. The first-order valence-corrected chi connectivity index (χ1v) is 14.6. The van der Waals surface area contributed by atoms with Gasteiger partial charge < -0.3 is 14.4 Å². The van der Waals surface area contributed by atoms with Crippen molar-refractivity contribution < 1.29 is 19.1 Å². The average Bonchev–Trinajstić information content (AvgIpc) is 3.50. The molecule has 0 spiro atoms. The Morgan fingerprint density at radius 1 is 1.09 bits per heavy atom. The summed E-state index contributed by atoms with van der Waals surface area (Å²) >= 11 is 2.90. The molecular weight excluding hydrogens is 480 g/mol. The molecule has 1 aliphatic rings. The molecule has 190 valence electrons. The molecule has 6 nitrogen and oxygen atoms in total. The summed E-state index contributed by atoms with van der Waals surface area (Å²) in [7, 11) is 0. The van der Waals surface area contributed by atoms with Crippen LogP contribution < -0.4 is 0 Å². The number of benzene rings is 1. The first kappa shape index (κ1) is 27.4. The number of esters is 1. The van der Waals surface area contributed by atoms with Crippen LogP contribution in [0.2, 0.25) is 0 Å². The first-order valence-electron chi connectivity index (χ1n) is 12.7. The Bertz CT molecular complexity index is 919. The Morgan fingerprint density at radius 2 is 1.80 bits per heavy atom. The van der Waals surface area contributed by atoms with Crippen LogP contribution in [0.5, 0.6) is 0 Å². The molecule has 0 radical (unpaired) electrons. The van der Waals surface area contributed by atoms with Crippen molar-refractivity contribution in [1.29, 1.82) is 0 Å². The quantitative estimate of drug-likeness (QED) is 0.112. The number of aryl methyl sites for hydroxylation is 1. The van der Waals surface area contributed by atoms with E-state index < -0.39 is 0 Å². The van der Waals surface area contributed by atoms with Crippen LogP contribution in [0.25, 0.3) is 0 Å². The van der Waals surface area contributed by atoms with Crippen molar-refractivity contribution in [1.82, 2.24) is 9.88 Å². The molecule has 8 heteroatoms. The zero-order valence-electron chi connectivity index (χ0n) is 20.4. The van der Waals surface area contributed by atoms with Crippen LogP contribution in [0, 0.1) is 0 Å². The Morgan fingerprint density at radius 3 is 2.54 bits per heavy atom. The van der Waals surface area contributed by atoms with Crippen molar-refractivity contribution >= 4 is 41.3 Å². The fourth-order valence-corrected chi connectivity index (χ4v) is 6.02. The van der Waals surface area contributed by atoms with Crippen molar-refractivity contribution in [3.63, 3.8) is 0 Å². The maximum Gasteiger partial charge on any atom is 0.357 e. The number of nitrogens with zero attached hydrogens (tertiary/aromatic N) is 2. The van der Waals surface area contributed by atoms with E-state index >= 15 is 0 Å². The highest BCUT2D eigenvalue weighted by Crippen LogP contribution is 2.25. The second-order valence-corrected chi connectivity index (χ2v) is 11.1. The minimum Gasteiger partial charge on any atom is -0.461 e. The minimum absolute atomic E-state index is 0.0324. The molecule has 1 amide bonds. The molecule has 2 aromatic rings. The van der Waals surface area contributed by atoms with Crippen LogP contribution in [-0.2, 0) is 20.7 Å². The summed E-state index contributed by atoms with van der Waals surface area (Å²) < 4.78 is 6.15. The van der Waals surface area contributed by atoms with Crippen molar-refractivity contribution in [2.45, 2.75) is 81.0 Å². The third-order valence-electron chi connectivity index (χ3n) is 6.22. The summed E-state index contributed by atoms with van der Waals surface area (Å²) in [5.74, 6) is 0.303. The topological polar surface area (TPSA) is 76.6 Å². The Labute approximate surface area is 216 Å². The molecule has 0 unspecified atom stereocenters. The lowest BCUT2D eigenvalue weighted by Crippen LogP contribution is -2.35. The van der Waals surface area contributed by atoms with Crippen molar-refractivity contribution in [2.24, 2.45) is 0 Å². The summed E-state index contributed by atoms with van der Waals surface area (Å²) in [6.07, 6.45) is 12.6. The zero-order valence-corrected chi connectivity index (χ0v) is 22.0. The summed E-state index contributed by atoms with van der Waals surface area (Å²) in [5.41, 5.74) is 1.77. The zero-order chi connectivity index (χ0) is 24.7. The number of thioether (sulfide) groups is 1. The molecule has 1 aliphatic heterocycles. The van der Waals surface area contributed by atoms with Gasteiger partial charge in [-0.05, 0) is 31.2 Å². The van der Waals surface area contributed by atoms with Crippen LogP contribution in [0.1, 0.15) is 80.3 Å². The minimum atomic E-state index is -0.373. The summed E-state index contributed by atoms with van der Waals surface area (Å²) in [6, 6.07) is 10.4. The van der Waals surface area contributed by atoms with Gasteiger partial charge in [-0.25, -0.2) is 9.78 Å². The van der Waals surface area contributed by atoms with Crippen LogP contribution >= 0.6 is 23.1 Å². The van der Waals surface area contributed by atoms with Crippen LogP contribution in [-0.4, -0.2) is 53.0 Å². The molecule has 1 fully saturated rings. The van der Waals surface area contributed by atoms with Crippen molar-refractivity contribution in [2.75, 3.05) is 18.9 Å². The van der Waals surface area contributed by atoms with E-state index in [1.807, 2.05) is 0 Å². The van der Waals surface area contributed by atoms with Gasteiger partial charge in [0.1, 0.15) is 6.29 Å². The highest BCUT2D eigenvalue weighted by Gasteiger charge is 2.30. The molecule has 0 bridgehead atoms. The van der Waals surface area contributed by atoms with Gasteiger partial charge in [0.05, 0.1) is 12.6 Å². The molecule has 3 rings (SSSR count). The average molecular weight is 517 g/mol. The maximum atomic E-state index is 12.2. The third-order valence-corrected chi connectivity index (χ3v) is 8.22. The number of aldehydes is 1.